The minimum Gasteiger partial charge on any atom is -0.369 e. The number of nitrogens with one attached hydrogen (secondary N) is 2. The van der Waals surface area contributed by atoms with Gasteiger partial charge in [0.15, 0.2) is 11.8 Å². The van der Waals surface area contributed by atoms with Crippen LogP contribution in [0.3, 0.4) is 0 Å². The Morgan fingerprint density at radius 1 is 1.32 bits per heavy atom. The second-order valence-corrected chi connectivity index (χ2v) is 7.22. The monoisotopic (exact) mass is 498 g/mol. The number of aryl methyl sites for hydroxylation is 1. The van der Waals surface area contributed by atoms with E-state index in [-0.39, 0.29) is 24.0 Å². The zero-order valence-corrected chi connectivity index (χ0v) is 19.2. The molecule has 0 amide bonds. The fraction of sp³-hybridized carbons (Fsp3) is 0.550. The molecule has 1 atom stereocenters. The third kappa shape index (κ3) is 6.35. The quantitative estimate of drug-likeness (QED) is 0.264. The minimum absolute atomic E-state index is 0. The molecule has 2 N–H and O–H groups in total. The normalized spacial score (nSPS) is 16.9. The SMILES string of the molecule is CN=C(NCCCc1nc(C(C)C)no1)NC1CCN(c2ccccc2)C1.I. The molecule has 1 saturated heterocycles. The van der Waals surface area contributed by atoms with Crippen LogP contribution < -0.4 is 15.5 Å². The third-order valence-corrected chi connectivity index (χ3v) is 4.73. The zero-order chi connectivity index (χ0) is 19.1. The summed E-state index contributed by atoms with van der Waals surface area (Å²) in [4.78, 5) is 11.2. The molecule has 1 aliphatic heterocycles. The van der Waals surface area contributed by atoms with E-state index in [9.17, 15) is 0 Å². The van der Waals surface area contributed by atoms with Crippen molar-refractivity contribution in [2.45, 2.75) is 45.1 Å². The van der Waals surface area contributed by atoms with Crippen LogP contribution >= 0.6 is 24.0 Å². The summed E-state index contributed by atoms with van der Waals surface area (Å²) in [5.74, 6) is 2.63. The summed E-state index contributed by atoms with van der Waals surface area (Å²) in [6.45, 7) is 6.99. The highest BCUT2D eigenvalue weighted by Crippen LogP contribution is 2.19. The molecule has 0 saturated carbocycles. The van der Waals surface area contributed by atoms with Crippen LogP contribution in [0, 0.1) is 0 Å². The number of para-hydroxylation sites is 1. The maximum absolute atomic E-state index is 5.28. The van der Waals surface area contributed by atoms with Crippen LogP contribution in [0.25, 0.3) is 0 Å². The van der Waals surface area contributed by atoms with Gasteiger partial charge in [-0.05, 0) is 25.0 Å². The molecule has 1 unspecified atom stereocenters. The first-order valence-electron chi connectivity index (χ1n) is 9.75. The number of guanidine groups is 1. The number of hydrogen-bond acceptors (Lipinski definition) is 5. The van der Waals surface area contributed by atoms with Crippen LogP contribution in [0.15, 0.2) is 39.8 Å². The van der Waals surface area contributed by atoms with Crippen molar-refractivity contribution in [3.05, 3.63) is 42.0 Å². The summed E-state index contributed by atoms with van der Waals surface area (Å²) in [7, 11) is 1.81. The second-order valence-electron chi connectivity index (χ2n) is 7.22. The second kappa shape index (κ2) is 11.2. The molecule has 1 aromatic heterocycles. The van der Waals surface area contributed by atoms with Gasteiger partial charge in [0.05, 0.1) is 0 Å². The van der Waals surface area contributed by atoms with E-state index in [0.717, 1.165) is 50.7 Å². The molecule has 0 aliphatic carbocycles. The van der Waals surface area contributed by atoms with Crippen molar-refractivity contribution in [3.63, 3.8) is 0 Å². The highest BCUT2D eigenvalue weighted by atomic mass is 127. The maximum Gasteiger partial charge on any atom is 0.226 e. The zero-order valence-electron chi connectivity index (χ0n) is 16.9. The van der Waals surface area contributed by atoms with Gasteiger partial charge in [0.2, 0.25) is 5.89 Å². The Kier molecular flexibility index (Phi) is 9.01. The van der Waals surface area contributed by atoms with E-state index in [1.807, 2.05) is 7.05 Å². The number of anilines is 1. The molecule has 0 spiro atoms. The minimum atomic E-state index is 0. The number of nitrogens with zero attached hydrogens (tertiary/aromatic N) is 4. The number of rotatable bonds is 7. The predicted octanol–water partition coefficient (Wildman–Crippen LogP) is 3.19. The standard InChI is InChI=1S/C20H30N6O.HI/c1-15(2)19-24-18(27-25-19)10-7-12-22-20(21-3)23-16-11-13-26(14-16)17-8-5-4-6-9-17;/h4-6,8-9,15-16H,7,10-14H2,1-3H3,(H2,21,22,23);1H. The Balaban J connectivity index is 0.00000280. The van der Waals surface area contributed by atoms with E-state index in [2.05, 4.69) is 74.8 Å². The molecular formula is C20H31IN6O. The van der Waals surface area contributed by atoms with Gasteiger partial charge < -0.3 is 20.1 Å². The van der Waals surface area contributed by atoms with Crippen LogP contribution in [0.5, 0.6) is 0 Å². The first-order chi connectivity index (χ1) is 13.2. The molecular weight excluding hydrogens is 467 g/mol. The molecule has 1 aliphatic rings. The van der Waals surface area contributed by atoms with Crippen molar-refractivity contribution < 1.29 is 4.52 Å². The Hall–Kier alpha value is -1.84. The largest absolute Gasteiger partial charge is 0.369 e. The number of hydrogen-bond donors (Lipinski definition) is 2. The lowest BCUT2D eigenvalue weighted by atomic mass is 10.2. The van der Waals surface area contributed by atoms with Crippen molar-refractivity contribution in [2.24, 2.45) is 4.99 Å². The van der Waals surface area contributed by atoms with Crippen molar-refractivity contribution >= 4 is 35.6 Å². The maximum atomic E-state index is 5.28. The third-order valence-electron chi connectivity index (χ3n) is 4.73. The molecule has 154 valence electrons. The van der Waals surface area contributed by atoms with E-state index in [1.165, 1.54) is 5.69 Å². The van der Waals surface area contributed by atoms with Crippen molar-refractivity contribution in [2.75, 3.05) is 31.6 Å². The van der Waals surface area contributed by atoms with Gasteiger partial charge >= 0.3 is 0 Å². The van der Waals surface area contributed by atoms with E-state index >= 15 is 0 Å². The molecule has 3 rings (SSSR count). The summed E-state index contributed by atoms with van der Waals surface area (Å²) in [5.41, 5.74) is 1.28. The van der Waals surface area contributed by atoms with Gasteiger partial charge in [-0.3, -0.25) is 4.99 Å². The lowest BCUT2D eigenvalue weighted by Crippen LogP contribution is -2.44. The average Bonchev–Trinajstić information content (AvgIpc) is 3.34. The first kappa shape index (κ1) is 22.4. The smallest absolute Gasteiger partial charge is 0.226 e. The molecule has 7 nitrogen and oxygen atoms in total. The number of halogens is 1. The molecule has 1 aromatic carbocycles. The highest BCUT2D eigenvalue weighted by molar-refractivity contribution is 14.0. The first-order valence-corrected chi connectivity index (χ1v) is 9.75. The Morgan fingerprint density at radius 3 is 2.79 bits per heavy atom. The van der Waals surface area contributed by atoms with E-state index < -0.39 is 0 Å². The Morgan fingerprint density at radius 2 is 2.11 bits per heavy atom. The van der Waals surface area contributed by atoms with Gasteiger partial charge in [0, 0.05) is 50.7 Å². The Labute approximate surface area is 184 Å². The fourth-order valence-corrected chi connectivity index (χ4v) is 3.19. The van der Waals surface area contributed by atoms with Gasteiger partial charge in [0.1, 0.15) is 0 Å². The van der Waals surface area contributed by atoms with Gasteiger partial charge in [-0.2, -0.15) is 4.98 Å². The van der Waals surface area contributed by atoms with Crippen LogP contribution in [0.1, 0.15) is 44.3 Å². The van der Waals surface area contributed by atoms with E-state index in [4.69, 9.17) is 4.52 Å². The fourth-order valence-electron chi connectivity index (χ4n) is 3.19. The summed E-state index contributed by atoms with van der Waals surface area (Å²) >= 11 is 0. The van der Waals surface area contributed by atoms with Gasteiger partial charge in [-0.1, -0.05) is 37.2 Å². The van der Waals surface area contributed by atoms with Crippen molar-refractivity contribution in [3.8, 4) is 0 Å². The summed E-state index contributed by atoms with van der Waals surface area (Å²) in [5, 5.41) is 10.9. The van der Waals surface area contributed by atoms with Gasteiger partial charge in [-0.25, -0.2) is 0 Å². The number of aromatic nitrogens is 2. The molecule has 0 bridgehead atoms. The highest BCUT2D eigenvalue weighted by Gasteiger charge is 2.23. The van der Waals surface area contributed by atoms with Crippen molar-refractivity contribution in [1.82, 2.24) is 20.8 Å². The topological polar surface area (TPSA) is 78.6 Å². The summed E-state index contributed by atoms with van der Waals surface area (Å²) in [6, 6.07) is 11.0. The molecule has 2 aromatic rings. The number of benzene rings is 1. The van der Waals surface area contributed by atoms with Crippen LogP contribution in [-0.2, 0) is 6.42 Å². The lowest BCUT2D eigenvalue weighted by molar-refractivity contribution is 0.368. The lowest BCUT2D eigenvalue weighted by Gasteiger charge is -2.20. The molecule has 8 heteroatoms. The molecule has 28 heavy (non-hydrogen) atoms. The average molecular weight is 498 g/mol. The van der Waals surface area contributed by atoms with Crippen LogP contribution in [0.2, 0.25) is 0 Å². The molecule has 2 heterocycles. The van der Waals surface area contributed by atoms with E-state index in [0.29, 0.717) is 17.9 Å². The number of aliphatic imine (C=N–C) groups is 1. The Bertz CT molecular complexity index is 733. The van der Waals surface area contributed by atoms with Gasteiger partial charge in [-0.15, -0.1) is 24.0 Å². The van der Waals surface area contributed by atoms with E-state index in [1.54, 1.807) is 0 Å². The molecule has 0 radical (unpaired) electrons. The molecule has 1 fully saturated rings. The summed E-state index contributed by atoms with van der Waals surface area (Å²) < 4.78 is 5.28. The van der Waals surface area contributed by atoms with Crippen LogP contribution in [-0.4, -0.2) is 48.8 Å². The predicted molar refractivity (Wildman–Crippen MR) is 124 cm³/mol. The van der Waals surface area contributed by atoms with Gasteiger partial charge in [0.25, 0.3) is 0 Å². The van der Waals surface area contributed by atoms with Crippen molar-refractivity contribution in [1.29, 1.82) is 0 Å². The summed E-state index contributed by atoms with van der Waals surface area (Å²) in [6.07, 6.45) is 2.80. The van der Waals surface area contributed by atoms with Crippen LogP contribution in [0.4, 0.5) is 5.69 Å².